The maximum absolute atomic E-state index is 11.5. The van der Waals surface area contributed by atoms with Gasteiger partial charge in [0.2, 0.25) is 5.91 Å². The first kappa shape index (κ1) is 10.3. The number of carbonyl (C=O) groups excluding carboxylic acids is 1. The Hall–Kier alpha value is -0.790. The Morgan fingerprint density at radius 2 is 1.77 bits per heavy atom. The molecule has 0 saturated carbocycles. The molecule has 0 radical (unpaired) electrons. The van der Waals surface area contributed by atoms with E-state index in [-0.39, 0.29) is 5.91 Å². The summed E-state index contributed by atoms with van der Waals surface area (Å²) in [6, 6.07) is 0.730. The van der Waals surface area contributed by atoms with Crippen LogP contribution in [0.25, 0.3) is 0 Å². The molecule has 2 unspecified atom stereocenters. The molecule has 1 aliphatic heterocycles. The SMILES string of the molecule is C=CC(=O)N1C(C)CC(C)CC1C. The first-order chi connectivity index (χ1) is 6.06. The van der Waals surface area contributed by atoms with Crippen molar-refractivity contribution in [2.75, 3.05) is 0 Å². The number of piperidine rings is 1. The molecule has 1 heterocycles. The lowest BCUT2D eigenvalue weighted by Crippen LogP contribution is -2.48. The molecule has 0 bridgehead atoms. The van der Waals surface area contributed by atoms with Crippen molar-refractivity contribution >= 4 is 5.91 Å². The smallest absolute Gasteiger partial charge is 0.246 e. The Bertz CT molecular complexity index is 200. The zero-order valence-corrected chi connectivity index (χ0v) is 8.79. The molecule has 2 atom stereocenters. The van der Waals surface area contributed by atoms with E-state index < -0.39 is 0 Å². The third-order valence-corrected chi connectivity index (χ3v) is 2.87. The highest BCUT2D eigenvalue weighted by molar-refractivity contribution is 5.87. The molecule has 0 aromatic carbocycles. The summed E-state index contributed by atoms with van der Waals surface area (Å²) in [5.41, 5.74) is 0. The summed E-state index contributed by atoms with van der Waals surface area (Å²) >= 11 is 0. The predicted octanol–water partition coefficient (Wildman–Crippen LogP) is 2.21. The number of hydrogen-bond donors (Lipinski definition) is 0. The fourth-order valence-electron chi connectivity index (χ4n) is 2.46. The second kappa shape index (κ2) is 3.95. The summed E-state index contributed by atoms with van der Waals surface area (Å²) in [6.07, 6.45) is 3.65. The topological polar surface area (TPSA) is 20.3 Å². The quantitative estimate of drug-likeness (QED) is 0.568. The molecular weight excluding hydrogens is 162 g/mol. The van der Waals surface area contributed by atoms with E-state index in [0.717, 1.165) is 18.8 Å². The van der Waals surface area contributed by atoms with E-state index in [2.05, 4.69) is 27.4 Å². The second-order valence-corrected chi connectivity index (χ2v) is 4.22. The molecule has 74 valence electrons. The Balaban J connectivity index is 2.72. The van der Waals surface area contributed by atoms with E-state index in [0.29, 0.717) is 12.1 Å². The van der Waals surface area contributed by atoms with E-state index in [1.54, 1.807) is 0 Å². The van der Waals surface area contributed by atoms with Gasteiger partial charge in [-0.15, -0.1) is 0 Å². The summed E-state index contributed by atoms with van der Waals surface area (Å²) in [4.78, 5) is 13.5. The zero-order chi connectivity index (χ0) is 10.0. The van der Waals surface area contributed by atoms with Gasteiger partial charge in [0.15, 0.2) is 0 Å². The van der Waals surface area contributed by atoms with Crippen LogP contribution in [0.15, 0.2) is 12.7 Å². The number of rotatable bonds is 1. The first-order valence-electron chi connectivity index (χ1n) is 5.01. The molecule has 1 fully saturated rings. The molecule has 1 aliphatic rings. The van der Waals surface area contributed by atoms with Crippen LogP contribution in [0.5, 0.6) is 0 Å². The fourth-order valence-corrected chi connectivity index (χ4v) is 2.46. The van der Waals surface area contributed by atoms with Crippen LogP contribution in [0.2, 0.25) is 0 Å². The van der Waals surface area contributed by atoms with Crippen molar-refractivity contribution in [2.24, 2.45) is 5.92 Å². The Morgan fingerprint density at radius 1 is 1.31 bits per heavy atom. The molecule has 1 saturated heterocycles. The summed E-state index contributed by atoms with van der Waals surface area (Å²) in [5, 5.41) is 0. The average Bonchev–Trinajstić information content (AvgIpc) is 2.02. The van der Waals surface area contributed by atoms with Gasteiger partial charge in [-0.25, -0.2) is 0 Å². The lowest BCUT2D eigenvalue weighted by molar-refractivity contribution is -0.132. The molecule has 13 heavy (non-hydrogen) atoms. The van der Waals surface area contributed by atoms with Crippen LogP contribution in [0.4, 0.5) is 0 Å². The van der Waals surface area contributed by atoms with Crippen LogP contribution < -0.4 is 0 Å². The zero-order valence-electron chi connectivity index (χ0n) is 8.79. The number of amides is 1. The number of nitrogens with zero attached hydrogens (tertiary/aromatic N) is 1. The summed E-state index contributed by atoms with van der Waals surface area (Å²) in [6.45, 7) is 10.0. The molecule has 0 spiro atoms. The Morgan fingerprint density at radius 3 is 2.15 bits per heavy atom. The van der Waals surface area contributed by atoms with Crippen LogP contribution in [0.3, 0.4) is 0 Å². The van der Waals surface area contributed by atoms with Gasteiger partial charge in [-0.3, -0.25) is 4.79 Å². The van der Waals surface area contributed by atoms with Gasteiger partial charge in [0, 0.05) is 12.1 Å². The predicted molar refractivity (Wildman–Crippen MR) is 54.4 cm³/mol. The minimum Gasteiger partial charge on any atom is -0.334 e. The fraction of sp³-hybridized carbons (Fsp3) is 0.727. The number of hydrogen-bond acceptors (Lipinski definition) is 1. The van der Waals surface area contributed by atoms with Gasteiger partial charge in [0.25, 0.3) is 0 Å². The third kappa shape index (κ3) is 2.11. The van der Waals surface area contributed by atoms with Gasteiger partial charge in [0.05, 0.1) is 0 Å². The Labute approximate surface area is 80.6 Å². The van der Waals surface area contributed by atoms with E-state index in [1.165, 1.54) is 6.08 Å². The monoisotopic (exact) mass is 181 g/mol. The van der Waals surface area contributed by atoms with Crippen molar-refractivity contribution in [3.63, 3.8) is 0 Å². The van der Waals surface area contributed by atoms with E-state index >= 15 is 0 Å². The van der Waals surface area contributed by atoms with Crippen molar-refractivity contribution in [3.8, 4) is 0 Å². The standard InChI is InChI=1S/C11H19NO/c1-5-11(13)12-9(3)6-8(2)7-10(12)4/h5,8-10H,1,6-7H2,2-4H3. The van der Waals surface area contributed by atoms with Gasteiger partial charge >= 0.3 is 0 Å². The first-order valence-corrected chi connectivity index (χ1v) is 5.01. The average molecular weight is 181 g/mol. The molecule has 1 rings (SSSR count). The minimum atomic E-state index is 0.0758. The highest BCUT2D eigenvalue weighted by Crippen LogP contribution is 2.27. The third-order valence-electron chi connectivity index (χ3n) is 2.87. The van der Waals surface area contributed by atoms with Crippen molar-refractivity contribution in [1.29, 1.82) is 0 Å². The van der Waals surface area contributed by atoms with Crippen molar-refractivity contribution in [2.45, 2.75) is 45.7 Å². The minimum absolute atomic E-state index is 0.0758. The van der Waals surface area contributed by atoms with Crippen LogP contribution in [0, 0.1) is 5.92 Å². The van der Waals surface area contributed by atoms with Gasteiger partial charge in [-0.1, -0.05) is 13.5 Å². The molecule has 0 aromatic heterocycles. The van der Waals surface area contributed by atoms with Crippen molar-refractivity contribution in [1.82, 2.24) is 4.90 Å². The summed E-state index contributed by atoms with van der Waals surface area (Å²) in [5.74, 6) is 0.811. The van der Waals surface area contributed by atoms with Gasteiger partial charge in [0.1, 0.15) is 0 Å². The van der Waals surface area contributed by atoms with Gasteiger partial charge in [-0.2, -0.15) is 0 Å². The van der Waals surface area contributed by atoms with Gasteiger partial charge in [-0.05, 0) is 38.7 Å². The second-order valence-electron chi connectivity index (χ2n) is 4.22. The number of likely N-dealkylation sites (tertiary alicyclic amines) is 1. The molecule has 0 aliphatic carbocycles. The largest absolute Gasteiger partial charge is 0.334 e. The molecular formula is C11H19NO. The molecule has 0 N–H and O–H groups in total. The van der Waals surface area contributed by atoms with E-state index in [1.807, 2.05) is 4.90 Å². The lowest BCUT2D eigenvalue weighted by atomic mass is 9.88. The summed E-state index contributed by atoms with van der Waals surface area (Å²) < 4.78 is 0. The van der Waals surface area contributed by atoms with Crippen molar-refractivity contribution in [3.05, 3.63) is 12.7 Å². The molecule has 0 aromatic rings. The van der Waals surface area contributed by atoms with E-state index in [9.17, 15) is 4.79 Å². The van der Waals surface area contributed by atoms with Crippen LogP contribution in [0.1, 0.15) is 33.6 Å². The van der Waals surface area contributed by atoms with E-state index in [4.69, 9.17) is 0 Å². The maximum atomic E-state index is 11.5. The highest BCUT2D eigenvalue weighted by Gasteiger charge is 2.30. The van der Waals surface area contributed by atoms with Gasteiger partial charge < -0.3 is 4.90 Å². The summed E-state index contributed by atoms with van der Waals surface area (Å²) in [7, 11) is 0. The molecule has 2 nitrogen and oxygen atoms in total. The van der Waals surface area contributed by atoms with Crippen LogP contribution >= 0.6 is 0 Å². The van der Waals surface area contributed by atoms with Crippen LogP contribution in [-0.4, -0.2) is 22.9 Å². The Kier molecular flexibility index (Phi) is 3.12. The molecule has 2 heteroatoms. The van der Waals surface area contributed by atoms with Crippen LogP contribution in [-0.2, 0) is 4.79 Å². The highest BCUT2D eigenvalue weighted by atomic mass is 16.2. The normalized spacial score (nSPS) is 34.4. The molecule has 1 amide bonds. The van der Waals surface area contributed by atoms with Crippen molar-refractivity contribution < 1.29 is 4.79 Å². The maximum Gasteiger partial charge on any atom is 0.246 e. The lowest BCUT2D eigenvalue weighted by Gasteiger charge is -2.41. The number of carbonyl (C=O) groups is 1.